The molecule has 0 amide bonds. The molecule has 0 fully saturated rings. The minimum atomic E-state index is 0.107. The van der Waals surface area contributed by atoms with Crippen LogP contribution in [-0.4, -0.2) is 10.5 Å². The van der Waals surface area contributed by atoms with E-state index in [-0.39, 0.29) is 5.54 Å². The number of ether oxygens (including phenoxy) is 1. The molecule has 4 heteroatoms. The summed E-state index contributed by atoms with van der Waals surface area (Å²) in [5.74, 6) is 0.811. The Bertz CT molecular complexity index is 486. The first kappa shape index (κ1) is 14.0. The van der Waals surface area contributed by atoms with Crippen LogP contribution in [-0.2, 0) is 13.2 Å². The number of aromatic nitrogens is 1. The highest BCUT2D eigenvalue weighted by Gasteiger charge is 2.08. The molecule has 0 saturated heterocycles. The third kappa shape index (κ3) is 5.01. The van der Waals surface area contributed by atoms with Crippen molar-refractivity contribution in [3.63, 3.8) is 0 Å². The number of hydrogen-bond donors (Lipinski definition) is 1. The molecule has 2 heterocycles. The van der Waals surface area contributed by atoms with Crippen LogP contribution in [0.5, 0.6) is 5.75 Å². The SMILES string of the molecule is CC(C)(C)NCc1ccc(OCc2ccsc2)cn1. The van der Waals surface area contributed by atoms with E-state index in [2.05, 4.69) is 47.9 Å². The molecular weight excluding hydrogens is 256 g/mol. The quantitative estimate of drug-likeness (QED) is 0.906. The Kier molecular flexibility index (Phi) is 4.56. The lowest BCUT2D eigenvalue weighted by Crippen LogP contribution is -2.35. The van der Waals surface area contributed by atoms with Crippen LogP contribution in [0.1, 0.15) is 32.0 Å². The lowest BCUT2D eigenvalue weighted by molar-refractivity contribution is 0.305. The molecule has 0 aromatic carbocycles. The Labute approximate surface area is 118 Å². The van der Waals surface area contributed by atoms with Crippen LogP contribution in [0.3, 0.4) is 0 Å². The second-order valence-electron chi connectivity index (χ2n) is 5.51. The zero-order valence-corrected chi connectivity index (χ0v) is 12.5. The molecule has 0 aliphatic rings. The Hall–Kier alpha value is -1.39. The van der Waals surface area contributed by atoms with Gasteiger partial charge in [-0.2, -0.15) is 11.3 Å². The van der Waals surface area contributed by atoms with Crippen LogP contribution < -0.4 is 10.1 Å². The highest BCUT2D eigenvalue weighted by Crippen LogP contribution is 2.14. The number of rotatable bonds is 5. The molecule has 2 aromatic heterocycles. The topological polar surface area (TPSA) is 34.1 Å². The lowest BCUT2D eigenvalue weighted by Gasteiger charge is -2.20. The van der Waals surface area contributed by atoms with Crippen LogP contribution in [0.2, 0.25) is 0 Å². The molecule has 0 unspecified atom stereocenters. The second kappa shape index (κ2) is 6.17. The number of pyridine rings is 1. The molecule has 102 valence electrons. The maximum atomic E-state index is 5.67. The van der Waals surface area contributed by atoms with Crippen molar-refractivity contribution in [3.05, 3.63) is 46.4 Å². The van der Waals surface area contributed by atoms with Crippen molar-refractivity contribution >= 4 is 11.3 Å². The smallest absolute Gasteiger partial charge is 0.138 e. The highest BCUT2D eigenvalue weighted by molar-refractivity contribution is 7.07. The van der Waals surface area contributed by atoms with Crippen molar-refractivity contribution in [2.45, 2.75) is 39.5 Å². The van der Waals surface area contributed by atoms with Gasteiger partial charge in [-0.3, -0.25) is 4.98 Å². The summed E-state index contributed by atoms with van der Waals surface area (Å²) < 4.78 is 5.67. The Morgan fingerprint density at radius 1 is 1.26 bits per heavy atom. The average molecular weight is 276 g/mol. The van der Waals surface area contributed by atoms with Gasteiger partial charge in [0.2, 0.25) is 0 Å². The number of thiophene rings is 1. The van der Waals surface area contributed by atoms with Crippen LogP contribution >= 0.6 is 11.3 Å². The van der Waals surface area contributed by atoms with Crippen LogP contribution in [0.25, 0.3) is 0 Å². The van der Waals surface area contributed by atoms with E-state index in [9.17, 15) is 0 Å². The third-order valence-corrected chi connectivity index (χ3v) is 3.32. The first-order chi connectivity index (χ1) is 9.03. The molecule has 0 bridgehead atoms. The van der Waals surface area contributed by atoms with Crippen LogP contribution in [0, 0.1) is 0 Å². The molecule has 2 aromatic rings. The Morgan fingerprint density at radius 3 is 2.68 bits per heavy atom. The van der Waals surface area contributed by atoms with Crippen molar-refractivity contribution < 1.29 is 4.74 Å². The summed E-state index contributed by atoms with van der Waals surface area (Å²) in [6.45, 7) is 7.81. The zero-order valence-electron chi connectivity index (χ0n) is 11.6. The van der Waals surface area contributed by atoms with Crippen molar-refractivity contribution in [3.8, 4) is 5.75 Å². The molecule has 0 aliphatic heterocycles. The maximum Gasteiger partial charge on any atom is 0.138 e. The van der Waals surface area contributed by atoms with Gasteiger partial charge in [0.25, 0.3) is 0 Å². The van der Waals surface area contributed by atoms with Gasteiger partial charge in [-0.05, 0) is 55.3 Å². The molecule has 1 N–H and O–H groups in total. The van der Waals surface area contributed by atoms with Gasteiger partial charge >= 0.3 is 0 Å². The molecule has 0 spiro atoms. The van der Waals surface area contributed by atoms with E-state index in [0.29, 0.717) is 6.61 Å². The molecular formula is C15H20N2OS. The minimum Gasteiger partial charge on any atom is -0.487 e. The van der Waals surface area contributed by atoms with Gasteiger partial charge in [0, 0.05) is 12.1 Å². The lowest BCUT2D eigenvalue weighted by atomic mass is 10.1. The highest BCUT2D eigenvalue weighted by atomic mass is 32.1. The average Bonchev–Trinajstić information content (AvgIpc) is 2.87. The normalized spacial score (nSPS) is 11.5. The van der Waals surface area contributed by atoms with Gasteiger partial charge in [0.05, 0.1) is 11.9 Å². The fourth-order valence-electron chi connectivity index (χ4n) is 1.50. The van der Waals surface area contributed by atoms with E-state index in [1.54, 1.807) is 17.5 Å². The Morgan fingerprint density at radius 2 is 2.11 bits per heavy atom. The van der Waals surface area contributed by atoms with Crippen LogP contribution in [0.15, 0.2) is 35.2 Å². The summed E-state index contributed by atoms with van der Waals surface area (Å²) in [5, 5.41) is 7.56. The third-order valence-electron chi connectivity index (χ3n) is 2.58. The largest absolute Gasteiger partial charge is 0.487 e. The molecule has 0 saturated carbocycles. The zero-order chi connectivity index (χ0) is 13.7. The van der Waals surface area contributed by atoms with Gasteiger partial charge in [-0.1, -0.05) is 0 Å². The summed E-state index contributed by atoms with van der Waals surface area (Å²) in [7, 11) is 0. The predicted molar refractivity (Wildman–Crippen MR) is 79.5 cm³/mol. The molecule has 19 heavy (non-hydrogen) atoms. The van der Waals surface area contributed by atoms with Crippen molar-refractivity contribution in [2.24, 2.45) is 0 Å². The molecule has 3 nitrogen and oxygen atoms in total. The van der Waals surface area contributed by atoms with Crippen LogP contribution in [0.4, 0.5) is 0 Å². The molecule has 0 aliphatic carbocycles. The molecule has 2 rings (SSSR count). The summed E-state index contributed by atoms with van der Waals surface area (Å²) >= 11 is 1.68. The van der Waals surface area contributed by atoms with Gasteiger partial charge in [0.15, 0.2) is 0 Å². The standard InChI is InChI=1S/C15H20N2OS/c1-15(2,3)17-8-13-4-5-14(9-16-13)18-10-12-6-7-19-11-12/h4-7,9,11,17H,8,10H2,1-3H3. The van der Waals surface area contributed by atoms with E-state index in [4.69, 9.17) is 4.74 Å². The van der Waals surface area contributed by atoms with E-state index < -0.39 is 0 Å². The van der Waals surface area contributed by atoms with E-state index in [1.807, 2.05) is 12.1 Å². The van der Waals surface area contributed by atoms with Crippen molar-refractivity contribution in [2.75, 3.05) is 0 Å². The maximum absolute atomic E-state index is 5.67. The summed E-state index contributed by atoms with van der Waals surface area (Å²) in [4.78, 5) is 4.40. The molecule has 0 atom stereocenters. The monoisotopic (exact) mass is 276 g/mol. The Balaban J connectivity index is 1.84. The van der Waals surface area contributed by atoms with E-state index in [1.165, 1.54) is 5.56 Å². The van der Waals surface area contributed by atoms with Crippen molar-refractivity contribution in [1.82, 2.24) is 10.3 Å². The van der Waals surface area contributed by atoms with E-state index >= 15 is 0 Å². The minimum absolute atomic E-state index is 0.107. The van der Waals surface area contributed by atoms with Gasteiger partial charge in [-0.15, -0.1) is 0 Å². The number of nitrogens with one attached hydrogen (secondary N) is 1. The number of hydrogen-bond acceptors (Lipinski definition) is 4. The second-order valence-corrected chi connectivity index (χ2v) is 6.29. The van der Waals surface area contributed by atoms with E-state index in [0.717, 1.165) is 18.0 Å². The fourth-order valence-corrected chi connectivity index (χ4v) is 2.15. The summed E-state index contributed by atoms with van der Waals surface area (Å²) in [6.07, 6.45) is 1.78. The van der Waals surface area contributed by atoms with Gasteiger partial charge in [0.1, 0.15) is 12.4 Å². The fraction of sp³-hybridized carbons (Fsp3) is 0.400. The first-order valence-electron chi connectivity index (χ1n) is 6.37. The summed E-state index contributed by atoms with van der Waals surface area (Å²) in [6, 6.07) is 6.04. The summed E-state index contributed by atoms with van der Waals surface area (Å²) in [5.41, 5.74) is 2.33. The predicted octanol–water partition coefficient (Wildman–Crippen LogP) is 3.61. The first-order valence-corrected chi connectivity index (χ1v) is 7.31. The van der Waals surface area contributed by atoms with Gasteiger partial charge < -0.3 is 10.1 Å². The number of nitrogens with zero attached hydrogens (tertiary/aromatic N) is 1. The molecule has 0 radical (unpaired) electrons. The van der Waals surface area contributed by atoms with Gasteiger partial charge in [-0.25, -0.2) is 0 Å². The van der Waals surface area contributed by atoms with Crippen molar-refractivity contribution in [1.29, 1.82) is 0 Å².